The lowest BCUT2D eigenvalue weighted by Crippen LogP contribution is -2.02. The molecule has 0 spiro atoms. The second-order valence-corrected chi connectivity index (χ2v) is 3.67. The van der Waals surface area contributed by atoms with Crippen molar-refractivity contribution in [3.8, 4) is 6.07 Å². The summed E-state index contributed by atoms with van der Waals surface area (Å²) in [6.45, 7) is 2.80. The Labute approximate surface area is 93.4 Å². The number of allylic oxidation sites excluding steroid dienone is 2. The highest BCUT2D eigenvalue weighted by Crippen LogP contribution is 2.33. The van der Waals surface area contributed by atoms with E-state index in [1.165, 1.54) is 0 Å². The molecule has 1 aliphatic rings. The van der Waals surface area contributed by atoms with Gasteiger partial charge in [-0.05, 0) is 13.0 Å². The summed E-state index contributed by atoms with van der Waals surface area (Å²) in [5, 5.41) is 12.6. The van der Waals surface area contributed by atoms with Crippen LogP contribution in [0.15, 0.2) is 12.1 Å². The molecule has 0 atom stereocenters. The van der Waals surface area contributed by atoms with Crippen LogP contribution in [0.5, 0.6) is 0 Å². The standard InChI is InChI=1S/C11H10ClN3/c1-2-14-9-5-10(12)15-8-4-3-7(6-13)11(8)9/h3,5H,2,4H2,1H3,(H,14,15). The molecule has 0 amide bonds. The fraction of sp³-hybridized carbons (Fsp3) is 0.273. The van der Waals surface area contributed by atoms with Gasteiger partial charge in [-0.2, -0.15) is 5.26 Å². The van der Waals surface area contributed by atoms with Crippen LogP contribution in [0.2, 0.25) is 5.15 Å². The van der Waals surface area contributed by atoms with Gasteiger partial charge in [-0.15, -0.1) is 0 Å². The minimum atomic E-state index is 0.470. The summed E-state index contributed by atoms with van der Waals surface area (Å²) in [7, 11) is 0. The number of pyridine rings is 1. The van der Waals surface area contributed by atoms with Gasteiger partial charge >= 0.3 is 0 Å². The molecule has 15 heavy (non-hydrogen) atoms. The zero-order valence-electron chi connectivity index (χ0n) is 8.34. The van der Waals surface area contributed by atoms with Crippen LogP contribution in [0.4, 0.5) is 5.69 Å². The molecule has 0 saturated carbocycles. The van der Waals surface area contributed by atoms with Gasteiger partial charge in [0.25, 0.3) is 0 Å². The largest absolute Gasteiger partial charge is 0.385 e. The molecular weight excluding hydrogens is 210 g/mol. The smallest absolute Gasteiger partial charge is 0.131 e. The van der Waals surface area contributed by atoms with Crippen molar-refractivity contribution >= 4 is 22.9 Å². The Morgan fingerprint density at radius 3 is 3.13 bits per heavy atom. The quantitative estimate of drug-likeness (QED) is 0.778. The Morgan fingerprint density at radius 2 is 2.47 bits per heavy atom. The van der Waals surface area contributed by atoms with Gasteiger partial charge in [0.2, 0.25) is 0 Å². The van der Waals surface area contributed by atoms with E-state index >= 15 is 0 Å². The molecule has 76 valence electrons. The van der Waals surface area contributed by atoms with E-state index in [9.17, 15) is 0 Å². The molecule has 0 unspecified atom stereocenters. The van der Waals surface area contributed by atoms with Crippen molar-refractivity contribution in [2.45, 2.75) is 13.3 Å². The third-order valence-corrected chi connectivity index (χ3v) is 2.51. The summed E-state index contributed by atoms with van der Waals surface area (Å²) >= 11 is 5.90. The number of hydrogen-bond acceptors (Lipinski definition) is 3. The predicted octanol–water partition coefficient (Wildman–Crippen LogP) is 2.63. The maximum atomic E-state index is 8.97. The molecule has 0 aromatic carbocycles. The fourth-order valence-corrected chi connectivity index (χ4v) is 1.96. The molecule has 4 heteroatoms. The number of aromatic nitrogens is 1. The molecular formula is C11H10ClN3. The fourth-order valence-electron chi connectivity index (χ4n) is 1.74. The first-order valence-electron chi connectivity index (χ1n) is 4.80. The van der Waals surface area contributed by atoms with Crippen LogP contribution in [-0.4, -0.2) is 11.5 Å². The normalized spacial score (nSPS) is 13.0. The highest BCUT2D eigenvalue weighted by molar-refractivity contribution is 6.29. The van der Waals surface area contributed by atoms with Crippen LogP contribution in [0.25, 0.3) is 5.57 Å². The number of fused-ring (bicyclic) bond motifs is 1. The Balaban J connectivity index is 2.56. The number of nitrogens with one attached hydrogen (secondary N) is 1. The van der Waals surface area contributed by atoms with Gasteiger partial charge < -0.3 is 5.32 Å². The molecule has 1 N–H and O–H groups in total. The second kappa shape index (κ2) is 3.92. The van der Waals surface area contributed by atoms with Crippen LogP contribution < -0.4 is 5.32 Å². The summed E-state index contributed by atoms with van der Waals surface area (Å²) in [6.07, 6.45) is 2.58. The molecule has 0 bridgehead atoms. The Hall–Kier alpha value is -1.53. The van der Waals surface area contributed by atoms with Gasteiger partial charge in [0, 0.05) is 24.2 Å². The van der Waals surface area contributed by atoms with E-state index in [4.69, 9.17) is 16.9 Å². The molecule has 1 aromatic rings. The summed E-state index contributed by atoms with van der Waals surface area (Å²) in [5.41, 5.74) is 3.38. The van der Waals surface area contributed by atoms with Crippen molar-refractivity contribution in [3.63, 3.8) is 0 Å². The van der Waals surface area contributed by atoms with Crippen LogP contribution >= 0.6 is 11.6 Å². The highest BCUT2D eigenvalue weighted by atomic mass is 35.5. The van der Waals surface area contributed by atoms with Crippen LogP contribution in [0.3, 0.4) is 0 Å². The van der Waals surface area contributed by atoms with Crippen molar-refractivity contribution in [2.75, 3.05) is 11.9 Å². The van der Waals surface area contributed by atoms with Gasteiger partial charge in [0.05, 0.1) is 17.3 Å². The second-order valence-electron chi connectivity index (χ2n) is 3.28. The van der Waals surface area contributed by atoms with E-state index in [1.54, 1.807) is 6.07 Å². The third-order valence-electron chi connectivity index (χ3n) is 2.32. The van der Waals surface area contributed by atoms with Gasteiger partial charge in [0.1, 0.15) is 5.15 Å². The van der Waals surface area contributed by atoms with E-state index in [0.717, 1.165) is 23.5 Å². The highest BCUT2D eigenvalue weighted by Gasteiger charge is 2.19. The lowest BCUT2D eigenvalue weighted by molar-refractivity contribution is 1.11. The Bertz CT molecular complexity index is 471. The summed E-state index contributed by atoms with van der Waals surface area (Å²) in [6, 6.07) is 3.94. The minimum Gasteiger partial charge on any atom is -0.385 e. The third kappa shape index (κ3) is 1.69. The number of nitriles is 1. The van der Waals surface area contributed by atoms with E-state index in [2.05, 4.69) is 16.4 Å². The maximum Gasteiger partial charge on any atom is 0.131 e. The number of rotatable bonds is 2. The lowest BCUT2D eigenvalue weighted by Gasteiger charge is -2.10. The van der Waals surface area contributed by atoms with Gasteiger partial charge in [0.15, 0.2) is 0 Å². The van der Waals surface area contributed by atoms with Crippen molar-refractivity contribution in [3.05, 3.63) is 28.6 Å². The molecule has 1 aromatic heterocycles. The zero-order chi connectivity index (χ0) is 10.8. The first kappa shape index (κ1) is 10.0. The summed E-state index contributed by atoms with van der Waals surface area (Å²) < 4.78 is 0. The minimum absolute atomic E-state index is 0.470. The molecule has 0 radical (unpaired) electrons. The van der Waals surface area contributed by atoms with Crippen molar-refractivity contribution < 1.29 is 0 Å². The van der Waals surface area contributed by atoms with Crippen molar-refractivity contribution in [2.24, 2.45) is 0 Å². The topological polar surface area (TPSA) is 48.7 Å². The van der Waals surface area contributed by atoms with Crippen molar-refractivity contribution in [1.82, 2.24) is 4.98 Å². The number of nitrogens with zero attached hydrogens (tertiary/aromatic N) is 2. The van der Waals surface area contributed by atoms with Gasteiger partial charge in [-0.25, -0.2) is 4.98 Å². The molecule has 0 fully saturated rings. The van der Waals surface area contributed by atoms with Crippen LogP contribution in [0, 0.1) is 11.3 Å². The van der Waals surface area contributed by atoms with Gasteiger partial charge in [-0.3, -0.25) is 0 Å². The maximum absolute atomic E-state index is 8.97. The average Bonchev–Trinajstić information content (AvgIpc) is 2.61. The monoisotopic (exact) mass is 219 g/mol. The zero-order valence-corrected chi connectivity index (χ0v) is 9.10. The Kier molecular flexibility index (Phi) is 2.61. The van der Waals surface area contributed by atoms with Crippen LogP contribution in [0.1, 0.15) is 18.2 Å². The number of anilines is 1. The molecule has 0 saturated heterocycles. The molecule has 3 nitrogen and oxygen atoms in total. The van der Waals surface area contributed by atoms with Crippen LogP contribution in [-0.2, 0) is 6.42 Å². The number of halogens is 1. The average molecular weight is 220 g/mol. The van der Waals surface area contributed by atoms with E-state index < -0.39 is 0 Å². The molecule has 1 aliphatic carbocycles. The van der Waals surface area contributed by atoms with Gasteiger partial charge in [-0.1, -0.05) is 17.7 Å². The SMILES string of the molecule is CCNc1cc(Cl)nc2c1C(C#N)=CC2. The lowest BCUT2D eigenvalue weighted by atomic mass is 10.1. The number of hydrogen-bond donors (Lipinski definition) is 1. The molecule has 1 heterocycles. The molecule has 2 rings (SSSR count). The molecule has 0 aliphatic heterocycles. The van der Waals surface area contributed by atoms with E-state index in [-0.39, 0.29) is 0 Å². The van der Waals surface area contributed by atoms with Crippen molar-refractivity contribution in [1.29, 1.82) is 5.26 Å². The first-order valence-corrected chi connectivity index (χ1v) is 5.18. The Morgan fingerprint density at radius 1 is 1.67 bits per heavy atom. The predicted molar refractivity (Wildman–Crippen MR) is 60.7 cm³/mol. The summed E-state index contributed by atoms with van der Waals surface area (Å²) in [4.78, 5) is 4.22. The summed E-state index contributed by atoms with van der Waals surface area (Å²) in [5.74, 6) is 0. The first-order chi connectivity index (χ1) is 7.26. The van der Waals surface area contributed by atoms with E-state index in [0.29, 0.717) is 17.1 Å². The van der Waals surface area contributed by atoms with E-state index in [1.807, 2.05) is 13.0 Å².